The Morgan fingerprint density at radius 3 is 2.40 bits per heavy atom. The first-order valence-electron chi connectivity index (χ1n) is 10.6. The summed E-state index contributed by atoms with van der Waals surface area (Å²) in [5, 5.41) is 2.90. The van der Waals surface area contributed by atoms with Crippen LogP contribution in [0.2, 0.25) is 0 Å². The predicted molar refractivity (Wildman–Crippen MR) is 117 cm³/mol. The van der Waals surface area contributed by atoms with E-state index in [9.17, 15) is 9.59 Å². The number of hydrogen-bond donors (Lipinski definition) is 1. The van der Waals surface area contributed by atoms with Gasteiger partial charge in [0.05, 0.1) is 18.4 Å². The average Bonchev–Trinajstić information content (AvgIpc) is 3.07. The van der Waals surface area contributed by atoms with Gasteiger partial charge in [0.25, 0.3) is 11.8 Å². The molecule has 2 aromatic carbocycles. The molecule has 1 atom stereocenters. The molecule has 6 heteroatoms. The molecule has 1 aliphatic heterocycles. The molecular weight excluding hydrogens is 380 g/mol. The molecule has 0 aliphatic carbocycles. The topological polar surface area (TPSA) is 67.9 Å². The van der Waals surface area contributed by atoms with Crippen molar-refractivity contribution in [1.82, 2.24) is 4.90 Å². The molecule has 0 radical (unpaired) electrons. The van der Waals surface area contributed by atoms with E-state index in [1.54, 1.807) is 31.4 Å². The second-order valence-electron chi connectivity index (χ2n) is 7.43. The number of benzene rings is 2. The Morgan fingerprint density at radius 2 is 1.70 bits per heavy atom. The van der Waals surface area contributed by atoms with E-state index in [2.05, 4.69) is 5.32 Å². The summed E-state index contributed by atoms with van der Waals surface area (Å²) in [6, 6.07) is 14.3. The Kier molecular flexibility index (Phi) is 7.71. The average molecular weight is 411 g/mol. The molecule has 2 amide bonds. The van der Waals surface area contributed by atoms with Gasteiger partial charge >= 0.3 is 0 Å². The molecule has 3 rings (SSSR count). The highest BCUT2D eigenvalue weighted by Crippen LogP contribution is 2.23. The molecule has 30 heavy (non-hydrogen) atoms. The van der Waals surface area contributed by atoms with Crippen molar-refractivity contribution >= 4 is 17.5 Å². The number of carbonyl (C=O) groups excluding carboxylic acids is 2. The number of nitrogens with one attached hydrogen (secondary N) is 1. The maximum absolute atomic E-state index is 13.1. The van der Waals surface area contributed by atoms with Gasteiger partial charge in [-0.15, -0.1) is 0 Å². The molecule has 0 spiro atoms. The van der Waals surface area contributed by atoms with E-state index in [1.807, 2.05) is 36.1 Å². The highest BCUT2D eigenvalue weighted by Gasteiger charge is 2.23. The molecule has 0 aromatic heterocycles. The van der Waals surface area contributed by atoms with Crippen molar-refractivity contribution in [3.05, 3.63) is 54.1 Å². The Hall–Kier alpha value is -3.02. The molecule has 1 fully saturated rings. The zero-order chi connectivity index (χ0) is 21.3. The molecule has 1 aliphatic rings. The molecule has 0 bridgehead atoms. The minimum absolute atomic E-state index is 0.0328. The molecule has 0 saturated carbocycles. The molecule has 2 aromatic rings. The number of nitrogens with zero attached hydrogens (tertiary/aromatic N) is 1. The standard InChI is InChI=1S/C24H30N2O4/c1-3-22(30-19-12-10-11-18(17-19)29-2)23(27)25-21-14-7-6-13-20(21)24(28)26-15-8-4-5-9-16-26/h6-7,10-14,17,22H,3-5,8-9,15-16H2,1-2H3,(H,25,27)/t22-/m0/s1. The fourth-order valence-electron chi connectivity index (χ4n) is 3.60. The van der Waals surface area contributed by atoms with Gasteiger partial charge in [-0.1, -0.05) is 38.0 Å². The number of rotatable bonds is 7. The maximum atomic E-state index is 13.1. The van der Waals surface area contributed by atoms with Crippen LogP contribution >= 0.6 is 0 Å². The van der Waals surface area contributed by atoms with Crippen molar-refractivity contribution in [3.63, 3.8) is 0 Å². The number of carbonyl (C=O) groups is 2. The van der Waals surface area contributed by atoms with Crippen LogP contribution in [0.25, 0.3) is 0 Å². The van der Waals surface area contributed by atoms with E-state index >= 15 is 0 Å². The van der Waals surface area contributed by atoms with Gasteiger partial charge in [0.1, 0.15) is 11.5 Å². The third kappa shape index (κ3) is 5.53. The Labute approximate surface area is 178 Å². The Morgan fingerprint density at radius 1 is 1.00 bits per heavy atom. The largest absolute Gasteiger partial charge is 0.497 e. The van der Waals surface area contributed by atoms with Gasteiger partial charge in [-0.05, 0) is 43.5 Å². The molecule has 1 N–H and O–H groups in total. The maximum Gasteiger partial charge on any atom is 0.265 e. The van der Waals surface area contributed by atoms with E-state index in [0.29, 0.717) is 29.2 Å². The quantitative estimate of drug-likeness (QED) is 0.729. The number of para-hydroxylation sites is 1. The summed E-state index contributed by atoms with van der Waals surface area (Å²) in [6.07, 6.45) is 4.16. The first-order chi connectivity index (χ1) is 14.6. The lowest BCUT2D eigenvalue weighted by Gasteiger charge is -2.23. The number of methoxy groups -OCH3 is 1. The smallest absolute Gasteiger partial charge is 0.265 e. The molecule has 1 heterocycles. The van der Waals surface area contributed by atoms with Gasteiger partial charge in [-0.2, -0.15) is 0 Å². The predicted octanol–water partition coefficient (Wildman–Crippen LogP) is 4.51. The first-order valence-corrected chi connectivity index (χ1v) is 10.6. The van der Waals surface area contributed by atoms with E-state index in [-0.39, 0.29) is 11.8 Å². The summed E-state index contributed by atoms with van der Waals surface area (Å²) < 4.78 is 11.1. The fourth-order valence-corrected chi connectivity index (χ4v) is 3.60. The second-order valence-corrected chi connectivity index (χ2v) is 7.43. The molecular formula is C24H30N2O4. The van der Waals surface area contributed by atoms with Crippen molar-refractivity contribution in [2.75, 3.05) is 25.5 Å². The van der Waals surface area contributed by atoms with Crippen LogP contribution in [0.5, 0.6) is 11.5 Å². The lowest BCUT2D eigenvalue weighted by Crippen LogP contribution is -2.35. The molecule has 160 valence electrons. The number of hydrogen-bond acceptors (Lipinski definition) is 4. The van der Waals surface area contributed by atoms with Crippen LogP contribution < -0.4 is 14.8 Å². The first kappa shape index (κ1) is 21.7. The molecule has 0 unspecified atom stereocenters. The lowest BCUT2D eigenvalue weighted by atomic mass is 10.1. The van der Waals surface area contributed by atoms with E-state index < -0.39 is 6.10 Å². The number of amides is 2. The van der Waals surface area contributed by atoms with Crippen LogP contribution in [-0.4, -0.2) is 43.0 Å². The van der Waals surface area contributed by atoms with E-state index in [4.69, 9.17) is 9.47 Å². The van der Waals surface area contributed by atoms with Gasteiger partial charge in [-0.3, -0.25) is 9.59 Å². The summed E-state index contributed by atoms with van der Waals surface area (Å²) >= 11 is 0. The van der Waals surface area contributed by atoms with Gasteiger partial charge in [0, 0.05) is 19.2 Å². The van der Waals surface area contributed by atoms with Crippen LogP contribution in [0.1, 0.15) is 49.4 Å². The Balaban J connectivity index is 1.72. The number of ether oxygens (including phenoxy) is 2. The molecule has 6 nitrogen and oxygen atoms in total. The van der Waals surface area contributed by atoms with Crippen LogP contribution in [0.4, 0.5) is 5.69 Å². The van der Waals surface area contributed by atoms with Crippen molar-refractivity contribution in [1.29, 1.82) is 0 Å². The normalized spacial score (nSPS) is 15.1. The van der Waals surface area contributed by atoms with Crippen molar-refractivity contribution in [2.24, 2.45) is 0 Å². The van der Waals surface area contributed by atoms with Gasteiger partial charge in [0.15, 0.2) is 6.10 Å². The van der Waals surface area contributed by atoms with Crippen LogP contribution in [0.3, 0.4) is 0 Å². The van der Waals surface area contributed by atoms with Crippen LogP contribution in [0, 0.1) is 0 Å². The van der Waals surface area contributed by atoms with E-state index in [0.717, 1.165) is 38.8 Å². The summed E-state index contributed by atoms with van der Waals surface area (Å²) in [6.45, 7) is 3.41. The van der Waals surface area contributed by atoms with Crippen molar-refractivity contribution in [3.8, 4) is 11.5 Å². The summed E-state index contributed by atoms with van der Waals surface area (Å²) in [4.78, 5) is 27.9. The minimum Gasteiger partial charge on any atom is -0.497 e. The van der Waals surface area contributed by atoms with E-state index in [1.165, 1.54) is 0 Å². The van der Waals surface area contributed by atoms with Gasteiger partial charge in [-0.25, -0.2) is 0 Å². The third-order valence-electron chi connectivity index (χ3n) is 5.29. The SMILES string of the molecule is CC[C@H](Oc1cccc(OC)c1)C(=O)Nc1ccccc1C(=O)N1CCCCCC1. The highest BCUT2D eigenvalue weighted by molar-refractivity contribution is 6.04. The Bertz CT molecular complexity index is 860. The summed E-state index contributed by atoms with van der Waals surface area (Å²) in [5.74, 6) is 0.910. The molecule has 1 saturated heterocycles. The second kappa shape index (κ2) is 10.7. The summed E-state index contributed by atoms with van der Waals surface area (Å²) in [5.41, 5.74) is 1.04. The van der Waals surface area contributed by atoms with Gasteiger partial charge < -0.3 is 19.7 Å². The van der Waals surface area contributed by atoms with Crippen LogP contribution in [0.15, 0.2) is 48.5 Å². The zero-order valence-electron chi connectivity index (χ0n) is 17.7. The van der Waals surface area contributed by atoms with Crippen molar-refractivity contribution in [2.45, 2.75) is 45.1 Å². The third-order valence-corrected chi connectivity index (χ3v) is 5.29. The fraction of sp³-hybridized carbons (Fsp3) is 0.417. The lowest BCUT2D eigenvalue weighted by molar-refractivity contribution is -0.122. The monoisotopic (exact) mass is 410 g/mol. The zero-order valence-corrected chi connectivity index (χ0v) is 17.7. The summed E-state index contributed by atoms with van der Waals surface area (Å²) in [7, 11) is 1.58. The van der Waals surface area contributed by atoms with Gasteiger partial charge in [0.2, 0.25) is 0 Å². The van der Waals surface area contributed by atoms with Crippen LogP contribution in [-0.2, 0) is 4.79 Å². The van der Waals surface area contributed by atoms with Crippen molar-refractivity contribution < 1.29 is 19.1 Å². The minimum atomic E-state index is -0.682. The number of likely N-dealkylation sites (tertiary alicyclic amines) is 1. The number of anilines is 1. The highest BCUT2D eigenvalue weighted by atomic mass is 16.5.